The van der Waals surface area contributed by atoms with Gasteiger partial charge in [-0.2, -0.15) is 0 Å². The van der Waals surface area contributed by atoms with E-state index < -0.39 is 0 Å². The predicted octanol–water partition coefficient (Wildman–Crippen LogP) is 5.19. The van der Waals surface area contributed by atoms with Gasteiger partial charge >= 0.3 is 0 Å². The van der Waals surface area contributed by atoms with Crippen LogP contribution in [-0.2, 0) is 6.42 Å². The van der Waals surface area contributed by atoms with Crippen molar-refractivity contribution in [1.29, 1.82) is 0 Å². The molecular weight excluding hydrogens is 254 g/mol. The Bertz CT molecular complexity index is 540. The second kappa shape index (κ2) is 8.19. The molecule has 2 aromatic carbocycles. The largest absolute Gasteiger partial charge is 0.316 e. The Labute approximate surface area is 129 Å². The fraction of sp³-hybridized carbons (Fsp3) is 0.500. The van der Waals surface area contributed by atoms with E-state index in [9.17, 15) is 0 Å². The van der Waals surface area contributed by atoms with Gasteiger partial charge in [-0.1, -0.05) is 69.2 Å². The van der Waals surface area contributed by atoms with Crippen LogP contribution in [0.3, 0.4) is 0 Å². The van der Waals surface area contributed by atoms with Crippen LogP contribution in [-0.4, -0.2) is 13.1 Å². The molecular formula is C20H29N. The molecule has 0 saturated heterocycles. The number of fused-ring (bicyclic) bond motifs is 1. The van der Waals surface area contributed by atoms with Gasteiger partial charge in [-0.05, 0) is 48.6 Å². The van der Waals surface area contributed by atoms with Gasteiger partial charge in [-0.15, -0.1) is 0 Å². The number of hydrogen-bond donors (Lipinski definition) is 1. The standard InChI is InChI=1S/C20H29N/c1-4-8-18(9-5-2)20(21-3)15-16-12-13-17-10-6-7-11-19(17)14-16/h6-7,10-14,18,20-21H,4-5,8-9,15H2,1-3H3. The number of benzene rings is 2. The molecule has 114 valence electrons. The van der Waals surface area contributed by atoms with Gasteiger partial charge in [0.15, 0.2) is 0 Å². The van der Waals surface area contributed by atoms with Crippen LogP contribution in [0.5, 0.6) is 0 Å². The van der Waals surface area contributed by atoms with Crippen LogP contribution < -0.4 is 5.32 Å². The van der Waals surface area contributed by atoms with Gasteiger partial charge in [0, 0.05) is 6.04 Å². The minimum Gasteiger partial charge on any atom is -0.316 e. The SMILES string of the molecule is CCCC(CCC)C(Cc1ccc2ccccc2c1)NC. The molecule has 0 spiro atoms. The van der Waals surface area contributed by atoms with Crippen molar-refractivity contribution in [2.24, 2.45) is 5.92 Å². The fourth-order valence-electron chi connectivity index (χ4n) is 3.41. The summed E-state index contributed by atoms with van der Waals surface area (Å²) >= 11 is 0. The lowest BCUT2D eigenvalue weighted by Gasteiger charge is -2.27. The van der Waals surface area contributed by atoms with E-state index >= 15 is 0 Å². The molecule has 0 fully saturated rings. The molecule has 1 nitrogen and oxygen atoms in total. The van der Waals surface area contributed by atoms with E-state index in [1.807, 2.05) is 0 Å². The van der Waals surface area contributed by atoms with Crippen LogP contribution in [0.25, 0.3) is 10.8 Å². The normalized spacial score (nSPS) is 13.0. The van der Waals surface area contributed by atoms with E-state index in [4.69, 9.17) is 0 Å². The molecule has 0 radical (unpaired) electrons. The van der Waals surface area contributed by atoms with E-state index in [-0.39, 0.29) is 0 Å². The molecule has 0 aromatic heterocycles. The topological polar surface area (TPSA) is 12.0 Å². The zero-order valence-corrected chi connectivity index (χ0v) is 13.7. The Morgan fingerprint density at radius 3 is 2.19 bits per heavy atom. The van der Waals surface area contributed by atoms with Crippen LogP contribution in [0.15, 0.2) is 42.5 Å². The van der Waals surface area contributed by atoms with Gasteiger partial charge in [0.2, 0.25) is 0 Å². The summed E-state index contributed by atoms with van der Waals surface area (Å²) in [6, 6.07) is 16.1. The molecule has 0 saturated carbocycles. The lowest BCUT2D eigenvalue weighted by molar-refractivity contribution is 0.323. The van der Waals surface area contributed by atoms with Crippen molar-refractivity contribution < 1.29 is 0 Å². The first-order valence-corrected chi connectivity index (χ1v) is 8.43. The van der Waals surface area contributed by atoms with Crippen molar-refractivity contribution in [1.82, 2.24) is 5.32 Å². The van der Waals surface area contributed by atoms with E-state index in [0.717, 1.165) is 12.3 Å². The highest BCUT2D eigenvalue weighted by Crippen LogP contribution is 2.23. The quantitative estimate of drug-likeness (QED) is 0.703. The molecule has 0 aliphatic carbocycles. The minimum atomic E-state index is 0.589. The van der Waals surface area contributed by atoms with Crippen molar-refractivity contribution in [2.75, 3.05) is 7.05 Å². The lowest BCUT2D eigenvalue weighted by Crippen LogP contribution is -2.35. The molecule has 1 unspecified atom stereocenters. The summed E-state index contributed by atoms with van der Waals surface area (Å²) in [6.07, 6.45) is 6.34. The van der Waals surface area contributed by atoms with Gasteiger partial charge < -0.3 is 5.32 Å². The Morgan fingerprint density at radius 2 is 1.57 bits per heavy atom. The highest BCUT2D eigenvalue weighted by molar-refractivity contribution is 5.82. The highest BCUT2D eigenvalue weighted by Gasteiger charge is 2.18. The van der Waals surface area contributed by atoms with Crippen molar-refractivity contribution >= 4 is 10.8 Å². The molecule has 1 heteroatoms. The van der Waals surface area contributed by atoms with E-state index in [1.165, 1.54) is 42.0 Å². The van der Waals surface area contributed by atoms with E-state index in [2.05, 4.69) is 68.7 Å². The average Bonchev–Trinajstić information content (AvgIpc) is 2.52. The zero-order valence-electron chi connectivity index (χ0n) is 13.7. The third-order valence-electron chi connectivity index (χ3n) is 4.53. The third kappa shape index (κ3) is 4.31. The molecule has 2 aromatic rings. The summed E-state index contributed by atoms with van der Waals surface area (Å²) in [5.74, 6) is 0.788. The third-order valence-corrected chi connectivity index (χ3v) is 4.53. The van der Waals surface area contributed by atoms with Gasteiger partial charge in [0.1, 0.15) is 0 Å². The van der Waals surface area contributed by atoms with Gasteiger partial charge in [0.25, 0.3) is 0 Å². The summed E-state index contributed by atoms with van der Waals surface area (Å²) in [4.78, 5) is 0. The van der Waals surface area contributed by atoms with E-state index in [0.29, 0.717) is 6.04 Å². The van der Waals surface area contributed by atoms with E-state index in [1.54, 1.807) is 0 Å². The highest BCUT2D eigenvalue weighted by atomic mass is 14.9. The number of likely N-dealkylation sites (N-methyl/N-ethyl adjacent to an activating group) is 1. The number of nitrogens with one attached hydrogen (secondary N) is 1. The fourth-order valence-corrected chi connectivity index (χ4v) is 3.41. The van der Waals surface area contributed by atoms with Gasteiger partial charge in [-0.25, -0.2) is 0 Å². The van der Waals surface area contributed by atoms with Crippen molar-refractivity contribution in [3.8, 4) is 0 Å². The van der Waals surface area contributed by atoms with Crippen LogP contribution >= 0.6 is 0 Å². The molecule has 2 rings (SSSR count). The molecule has 0 heterocycles. The summed E-state index contributed by atoms with van der Waals surface area (Å²) in [6.45, 7) is 4.59. The summed E-state index contributed by atoms with van der Waals surface area (Å²) in [5, 5.41) is 6.26. The summed E-state index contributed by atoms with van der Waals surface area (Å²) < 4.78 is 0. The average molecular weight is 283 g/mol. The monoisotopic (exact) mass is 283 g/mol. The van der Waals surface area contributed by atoms with Crippen molar-refractivity contribution in [2.45, 2.75) is 52.0 Å². The maximum atomic E-state index is 3.57. The zero-order chi connectivity index (χ0) is 15.1. The van der Waals surface area contributed by atoms with Crippen molar-refractivity contribution in [3.63, 3.8) is 0 Å². The molecule has 1 N–H and O–H groups in total. The first-order valence-electron chi connectivity index (χ1n) is 8.43. The molecule has 1 atom stereocenters. The smallest absolute Gasteiger partial charge is 0.0133 e. The maximum absolute atomic E-state index is 3.57. The Hall–Kier alpha value is -1.34. The number of hydrogen-bond acceptors (Lipinski definition) is 1. The predicted molar refractivity (Wildman–Crippen MR) is 93.8 cm³/mol. The first-order chi connectivity index (χ1) is 10.3. The Morgan fingerprint density at radius 1 is 0.905 bits per heavy atom. The summed E-state index contributed by atoms with van der Waals surface area (Å²) in [5.41, 5.74) is 1.45. The Balaban J connectivity index is 2.14. The first kappa shape index (κ1) is 16.0. The number of rotatable bonds is 8. The summed E-state index contributed by atoms with van der Waals surface area (Å²) in [7, 11) is 2.12. The Kier molecular flexibility index (Phi) is 6.25. The molecule has 0 bridgehead atoms. The molecule has 0 amide bonds. The van der Waals surface area contributed by atoms with Crippen LogP contribution in [0.1, 0.15) is 45.1 Å². The van der Waals surface area contributed by atoms with Crippen molar-refractivity contribution in [3.05, 3.63) is 48.0 Å². The van der Waals surface area contributed by atoms with Crippen LogP contribution in [0, 0.1) is 5.92 Å². The minimum absolute atomic E-state index is 0.589. The van der Waals surface area contributed by atoms with Crippen LogP contribution in [0.4, 0.5) is 0 Å². The lowest BCUT2D eigenvalue weighted by atomic mass is 9.86. The second-order valence-electron chi connectivity index (χ2n) is 6.12. The molecule has 0 aliphatic rings. The van der Waals surface area contributed by atoms with Gasteiger partial charge in [0.05, 0.1) is 0 Å². The maximum Gasteiger partial charge on any atom is 0.0133 e. The van der Waals surface area contributed by atoms with Crippen LogP contribution in [0.2, 0.25) is 0 Å². The second-order valence-corrected chi connectivity index (χ2v) is 6.12. The molecule has 0 aliphatic heterocycles. The van der Waals surface area contributed by atoms with Gasteiger partial charge in [-0.3, -0.25) is 0 Å². The molecule has 21 heavy (non-hydrogen) atoms.